The van der Waals surface area contributed by atoms with E-state index in [0.29, 0.717) is 5.56 Å². The quantitative estimate of drug-likeness (QED) is 0.650. The fourth-order valence-electron chi connectivity index (χ4n) is 1.47. The lowest BCUT2D eigenvalue weighted by atomic mass is 10.3. The van der Waals surface area contributed by atoms with E-state index in [1.54, 1.807) is 24.5 Å². The van der Waals surface area contributed by atoms with E-state index in [1.165, 1.54) is 6.21 Å². The summed E-state index contributed by atoms with van der Waals surface area (Å²) in [6.45, 7) is -0.570. The summed E-state index contributed by atoms with van der Waals surface area (Å²) < 4.78 is 32.0. The van der Waals surface area contributed by atoms with Gasteiger partial charge in [-0.25, -0.2) is 14.2 Å². The van der Waals surface area contributed by atoms with Crippen molar-refractivity contribution in [2.75, 3.05) is 6.61 Å². The molecule has 0 aliphatic rings. The lowest BCUT2D eigenvalue weighted by Crippen LogP contribution is -2.25. The Kier molecular flexibility index (Phi) is 5.54. The second-order valence-electron chi connectivity index (χ2n) is 4.07. The number of carbonyl (C=O) groups excluding carboxylic acids is 1. The molecular formula is C14H10BrF2N3O2. The van der Waals surface area contributed by atoms with Gasteiger partial charge in [-0.15, -0.1) is 0 Å². The van der Waals surface area contributed by atoms with E-state index in [0.717, 1.165) is 12.1 Å². The molecule has 0 saturated heterocycles. The molecule has 0 bridgehead atoms. The second-order valence-corrected chi connectivity index (χ2v) is 4.98. The van der Waals surface area contributed by atoms with Crippen LogP contribution in [0.4, 0.5) is 8.78 Å². The molecule has 1 aromatic carbocycles. The van der Waals surface area contributed by atoms with E-state index in [-0.39, 0.29) is 4.47 Å². The van der Waals surface area contributed by atoms with Gasteiger partial charge >= 0.3 is 0 Å². The SMILES string of the molecule is O=C(COc1c(F)cc(Br)cc1F)NN=Cc1cccnc1. The van der Waals surface area contributed by atoms with Crippen LogP contribution in [-0.4, -0.2) is 23.7 Å². The average molecular weight is 370 g/mol. The minimum absolute atomic E-state index is 0.236. The maximum Gasteiger partial charge on any atom is 0.277 e. The molecule has 114 valence electrons. The number of rotatable bonds is 5. The normalized spacial score (nSPS) is 10.7. The predicted octanol–water partition coefficient (Wildman–Crippen LogP) is 2.65. The molecule has 5 nitrogen and oxygen atoms in total. The van der Waals surface area contributed by atoms with Crippen LogP contribution < -0.4 is 10.2 Å². The van der Waals surface area contributed by atoms with E-state index in [1.807, 2.05) is 0 Å². The lowest BCUT2D eigenvalue weighted by molar-refractivity contribution is -0.123. The molecule has 22 heavy (non-hydrogen) atoms. The number of nitrogens with one attached hydrogen (secondary N) is 1. The molecule has 1 aromatic heterocycles. The third kappa shape index (κ3) is 4.59. The van der Waals surface area contributed by atoms with Gasteiger partial charge in [0, 0.05) is 22.4 Å². The predicted molar refractivity (Wildman–Crippen MR) is 79.5 cm³/mol. The number of carbonyl (C=O) groups is 1. The molecule has 0 saturated carbocycles. The van der Waals surface area contributed by atoms with Gasteiger partial charge in [0.25, 0.3) is 5.91 Å². The first kappa shape index (κ1) is 16.0. The number of hydrogen-bond donors (Lipinski definition) is 1. The zero-order chi connectivity index (χ0) is 15.9. The Morgan fingerprint density at radius 3 is 2.77 bits per heavy atom. The number of pyridine rings is 1. The number of aromatic nitrogens is 1. The molecular weight excluding hydrogens is 360 g/mol. The van der Waals surface area contributed by atoms with Crippen molar-refractivity contribution in [3.05, 3.63) is 58.3 Å². The van der Waals surface area contributed by atoms with E-state index in [9.17, 15) is 13.6 Å². The van der Waals surface area contributed by atoms with Crippen molar-refractivity contribution >= 4 is 28.1 Å². The minimum atomic E-state index is -0.904. The van der Waals surface area contributed by atoms with Gasteiger partial charge in [0.05, 0.1) is 6.21 Å². The number of hydrogen-bond acceptors (Lipinski definition) is 4. The van der Waals surface area contributed by atoms with Crippen LogP contribution in [0.2, 0.25) is 0 Å². The zero-order valence-corrected chi connectivity index (χ0v) is 12.7. The van der Waals surface area contributed by atoms with Gasteiger partial charge in [0.1, 0.15) is 0 Å². The van der Waals surface area contributed by atoms with E-state index in [2.05, 4.69) is 31.4 Å². The maximum absolute atomic E-state index is 13.5. The minimum Gasteiger partial charge on any atom is -0.478 e. The maximum atomic E-state index is 13.5. The van der Waals surface area contributed by atoms with Gasteiger partial charge in [-0.1, -0.05) is 22.0 Å². The molecule has 2 rings (SSSR count). The van der Waals surface area contributed by atoms with Crippen molar-refractivity contribution in [1.29, 1.82) is 0 Å². The highest BCUT2D eigenvalue weighted by Gasteiger charge is 2.13. The smallest absolute Gasteiger partial charge is 0.277 e. The number of ether oxygens (including phenoxy) is 1. The van der Waals surface area contributed by atoms with Crippen molar-refractivity contribution in [3.63, 3.8) is 0 Å². The molecule has 8 heteroatoms. The van der Waals surface area contributed by atoms with E-state index < -0.39 is 29.9 Å². The first-order chi connectivity index (χ1) is 10.6. The first-order valence-electron chi connectivity index (χ1n) is 6.05. The highest BCUT2D eigenvalue weighted by molar-refractivity contribution is 9.10. The Balaban J connectivity index is 1.87. The molecule has 0 aliphatic heterocycles. The van der Waals surface area contributed by atoms with E-state index >= 15 is 0 Å². The molecule has 0 unspecified atom stereocenters. The Morgan fingerprint density at radius 1 is 1.41 bits per heavy atom. The van der Waals surface area contributed by atoms with Gasteiger partial charge in [-0.05, 0) is 18.2 Å². The number of amides is 1. The number of halogens is 3. The molecule has 1 heterocycles. The van der Waals surface area contributed by atoms with Crippen LogP contribution in [0.25, 0.3) is 0 Å². The molecule has 0 radical (unpaired) electrons. The third-order valence-electron chi connectivity index (χ3n) is 2.40. The van der Waals surface area contributed by atoms with Crippen LogP contribution in [0.1, 0.15) is 5.56 Å². The summed E-state index contributed by atoms with van der Waals surface area (Å²) in [6.07, 6.45) is 4.54. The van der Waals surface area contributed by atoms with Gasteiger partial charge in [-0.2, -0.15) is 5.10 Å². The molecule has 0 atom stereocenters. The third-order valence-corrected chi connectivity index (χ3v) is 2.86. The lowest BCUT2D eigenvalue weighted by Gasteiger charge is -2.07. The topological polar surface area (TPSA) is 63.6 Å². The van der Waals surface area contributed by atoms with Gasteiger partial charge < -0.3 is 4.74 Å². The highest BCUT2D eigenvalue weighted by atomic mass is 79.9. The summed E-state index contributed by atoms with van der Waals surface area (Å²) in [5.74, 6) is -3.08. The Hall–Kier alpha value is -2.35. The summed E-state index contributed by atoms with van der Waals surface area (Å²) >= 11 is 2.94. The van der Waals surface area contributed by atoms with E-state index in [4.69, 9.17) is 4.74 Å². The van der Waals surface area contributed by atoms with Crippen molar-refractivity contribution in [1.82, 2.24) is 10.4 Å². The van der Waals surface area contributed by atoms with Gasteiger partial charge in [-0.3, -0.25) is 9.78 Å². The summed E-state index contributed by atoms with van der Waals surface area (Å²) in [5.41, 5.74) is 2.86. The van der Waals surface area contributed by atoms with Crippen molar-refractivity contribution in [2.45, 2.75) is 0 Å². The number of benzene rings is 1. The van der Waals surface area contributed by atoms with Crippen LogP contribution in [0, 0.1) is 11.6 Å². The van der Waals surface area contributed by atoms with Crippen molar-refractivity contribution in [3.8, 4) is 5.75 Å². The second kappa shape index (κ2) is 7.60. The standard InChI is InChI=1S/C14H10BrF2N3O2/c15-10-4-11(16)14(12(17)5-10)22-8-13(21)20-19-7-9-2-1-3-18-6-9/h1-7H,8H2,(H,20,21). The molecule has 0 fully saturated rings. The summed E-state index contributed by atoms with van der Waals surface area (Å²) in [4.78, 5) is 15.3. The van der Waals surface area contributed by atoms with Crippen LogP contribution in [0.5, 0.6) is 5.75 Å². The fourth-order valence-corrected chi connectivity index (χ4v) is 1.87. The number of nitrogens with zero attached hydrogens (tertiary/aromatic N) is 2. The Labute approximate surface area is 133 Å². The summed E-state index contributed by atoms with van der Waals surface area (Å²) in [5, 5.41) is 3.67. The Bertz CT molecular complexity index is 673. The molecule has 1 amide bonds. The van der Waals surface area contributed by atoms with Crippen LogP contribution in [0.3, 0.4) is 0 Å². The highest BCUT2D eigenvalue weighted by Crippen LogP contribution is 2.25. The molecule has 0 spiro atoms. The van der Waals surface area contributed by atoms with Gasteiger partial charge in [0.15, 0.2) is 24.0 Å². The molecule has 0 aliphatic carbocycles. The molecule has 1 N–H and O–H groups in total. The summed E-state index contributed by atoms with van der Waals surface area (Å²) in [7, 11) is 0. The fraction of sp³-hybridized carbons (Fsp3) is 0.0714. The molecule has 2 aromatic rings. The van der Waals surface area contributed by atoms with Crippen LogP contribution >= 0.6 is 15.9 Å². The van der Waals surface area contributed by atoms with Crippen molar-refractivity contribution in [2.24, 2.45) is 5.10 Å². The first-order valence-corrected chi connectivity index (χ1v) is 6.85. The monoisotopic (exact) mass is 369 g/mol. The number of hydrazone groups is 1. The summed E-state index contributed by atoms with van der Waals surface area (Å²) in [6, 6.07) is 5.53. The van der Waals surface area contributed by atoms with Gasteiger partial charge in [0.2, 0.25) is 0 Å². The van der Waals surface area contributed by atoms with Crippen LogP contribution in [-0.2, 0) is 4.79 Å². The Morgan fingerprint density at radius 2 is 2.14 bits per heavy atom. The zero-order valence-electron chi connectivity index (χ0n) is 11.1. The van der Waals surface area contributed by atoms with Crippen LogP contribution in [0.15, 0.2) is 46.2 Å². The largest absolute Gasteiger partial charge is 0.478 e. The average Bonchev–Trinajstić information content (AvgIpc) is 2.47. The van der Waals surface area contributed by atoms with Crippen molar-refractivity contribution < 1.29 is 18.3 Å².